The van der Waals surface area contributed by atoms with Crippen molar-refractivity contribution >= 4 is 17.5 Å². The molecule has 1 heterocycles. The number of allylic oxidation sites excluding steroid dienone is 2. The Morgan fingerprint density at radius 1 is 1.27 bits per heavy atom. The Balaban J connectivity index is 1.96. The molecule has 0 radical (unpaired) electrons. The van der Waals surface area contributed by atoms with Crippen molar-refractivity contribution in [3.05, 3.63) is 12.2 Å². The molecule has 8 unspecified atom stereocenters. The Morgan fingerprint density at radius 3 is 2.50 bits per heavy atom. The van der Waals surface area contributed by atoms with Crippen LogP contribution in [0, 0.1) is 35.0 Å². The van der Waals surface area contributed by atoms with Crippen LogP contribution in [-0.2, 0) is 14.4 Å². The van der Waals surface area contributed by atoms with Crippen molar-refractivity contribution in [2.24, 2.45) is 35.0 Å². The lowest BCUT2D eigenvalue weighted by Gasteiger charge is -2.50. The summed E-state index contributed by atoms with van der Waals surface area (Å²) in [6, 6.07) is -0.920. The van der Waals surface area contributed by atoms with Gasteiger partial charge in [0.05, 0.1) is 6.10 Å². The normalized spacial score (nSPS) is 44.2. The van der Waals surface area contributed by atoms with E-state index < -0.39 is 35.2 Å². The summed E-state index contributed by atoms with van der Waals surface area (Å²) < 4.78 is 0. The third-order valence-electron chi connectivity index (χ3n) is 7.36. The molecule has 5 heteroatoms. The SMILES string of the molecule is CC1CCC2C(C=CC(C)C2(C)C(=O)C2C(=O)C(C(C)O)N(C)C2=O)C1. The van der Waals surface area contributed by atoms with Gasteiger partial charge in [-0.05, 0) is 43.4 Å². The number of carbonyl (C=O) groups excluding carboxylic acids is 3. The summed E-state index contributed by atoms with van der Waals surface area (Å²) in [5, 5.41) is 9.92. The highest BCUT2D eigenvalue weighted by molar-refractivity contribution is 6.25. The maximum atomic E-state index is 13.6. The summed E-state index contributed by atoms with van der Waals surface area (Å²) in [7, 11) is 1.50. The number of aliphatic hydroxyl groups excluding tert-OH is 1. The maximum Gasteiger partial charge on any atom is 0.241 e. The average molecular weight is 361 g/mol. The highest BCUT2D eigenvalue weighted by Crippen LogP contribution is 2.53. The van der Waals surface area contributed by atoms with Gasteiger partial charge in [0, 0.05) is 12.5 Å². The highest BCUT2D eigenvalue weighted by Gasteiger charge is 2.59. The number of fused-ring (bicyclic) bond motifs is 1. The van der Waals surface area contributed by atoms with E-state index >= 15 is 0 Å². The van der Waals surface area contributed by atoms with Crippen molar-refractivity contribution in [1.82, 2.24) is 4.90 Å². The monoisotopic (exact) mass is 361 g/mol. The van der Waals surface area contributed by atoms with Gasteiger partial charge in [-0.15, -0.1) is 0 Å². The van der Waals surface area contributed by atoms with Crippen molar-refractivity contribution in [2.45, 2.75) is 59.1 Å². The number of hydrogen-bond acceptors (Lipinski definition) is 4. The maximum absolute atomic E-state index is 13.6. The fourth-order valence-corrected chi connectivity index (χ4v) is 5.57. The molecule has 1 saturated heterocycles. The molecule has 1 aliphatic heterocycles. The first kappa shape index (κ1) is 19.3. The number of nitrogens with zero attached hydrogens (tertiary/aromatic N) is 1. The average Bonchev–Trinajstić information content (AvgIpc) is 2.79. The minimum absolute atomic E-state index is 0.0128. The number of rotatable bonds is 3. The molecular weight excluding hydrogens is 330 g/mol. The molecule has 5 nitrogen and oxygen atoms in total. The van der Waals surface area contributed by atoms with E-state index in [1.54, 1.807) is 0 Å². The fourth-order valence-electron chi connectivity index (χ4n) is 5.57. The van der Waals surface area contributed by atoms with E-state index in [0.717, 1.165) is 19.3 Å². The molecule has 0 spiro atoms. The van der Waals surface area contributed by atoms with Crippen LogP contribution in [0.1, 0.15) is 47.0 Å². The molecule has 2 fully saturated rings. The van der Waals surface area contributed by atoms with Crippen molar-refractivity contribution in [1.29, 1.82) is 0 Å². The van der Waals surface area contributed by atoms with Crippen LogP contribution >= 0.6 is 0 Å². The molecule has 2 aliphatic carbocycles. The second-order valence-corrected chi connectivity index (χ2v) is 8.98. The third kappa shape index (κ3) is 2.67. The standard InChI is InChI=1S/C21H31NO4/c1-11-6-9-15-14(10-11)8-7-12(2)21(15,4)19(25)16-18(24)17(13(3)23)22(5)20(16)26/h7-8,11-17,23H,6,9-10H2,1-5H3. The summed E-state index contributed by atoms with van der Waals surface area (Å²) >= 11 is 0. The zero-order chi connectivity index (χ0) is 19.4. The van der Waals surface area contributed by atoms with Crippen LogP contribution < -0.4 is 0 Å². The molecule has 1 N–H and O–H groups in total. The summed E-state index contributed by atoms with van der Waals surface area (Å²) in [6.45, 7) is 7.70. The largest absolute Gasteiger partial charge is 0.391 e. The lowest BCUT2D eigenvalue weighted by molar-refractivity contribution is -0.148. The van der Waals surface area contributed by atoms with Gasteiger partial charge in [0.2, 0.25) is 5.91 Å². The van der Waals surface area contributed by atoms with Crippen LogP contribution in [0.2, 0.25) is 0 Å². The van der Waals surface area contributed by atoms with Gasteiger partial charge in [0.1, 0.15) is 6.04 Å². The quantitative estimate of drug-likeness (QED) is 0.618. The van der Waals surface area contributed by atoms with E-state index in [4.69, 9.17) is 0 Å². The van der Waals surface area contributed by atoms with Gasteiger partial charge in [0.25, 0.3) is 0 Å². The van der Waals surface area contributed by atoms with E-state index in [2.05, 4.69) is 19.1 Å². The van der Waals surface area contributed by atoms with Gasteiger partial charge in [0.15, 0.2) is 17.5 Å². The van der Waals surface area contributed by atoms with Gasteiger partial charge in [-0.3, -0.25) is 14.4 Å². The van der Waals surface area contributed by atoms with Crippen molar-refractivity contribution in [3.8, 4) is 0 Å². The zero-order valence-electron chi connectivity index (χ0n) is 16.4. The fraction of sp³-hybridized carbons (Fsp3) is 0.762. The molecule has 26 heavy (non-hydrogen) atoms. The van der Waals surface area contributed by atoms with Crippen LogP contribution in [0.4, 0.5) is 0 Å². The predicted molar refractivity (Wildman–Crippen MR) is 98.1 cm³/mol. The summed E-state index contributed by atoms with van der Waals surface area (Å²) in [5.41, 5.74) is -0.718. The number of Topliss-reactive ketones (excluding diaryl/α,β-unsaturated/α-hetero) is 2. The molecule has 0 aromatic rings. The topological polar surface area (TPSA) is 74.7 Å². The molecule has 0 aromatic carbocycles. The summed E-state index contributed by atoms with van der Waals surface area (Å²) in [5.74, 6) is -1.29. The number of ketones is 2. The number of hydrogen-bond donors (Lipinski definition) is 1. The molecular formula is C21H31NO4. The molecule has 8 atom stereocenters. The minimum atomic E-state index is -1.27. The van der Waals surface area contributed by atoms with Gasteiger partial charge in [-0.25, -0.2) is 0 Å². The van der Waals surface area contributed by atoms with Crippen LogP contribution in [0.5, 0.6) is 0 Å². The molecule has 3 aliphatic rings. The van der Waals surface area contributed by atoms with Crippen molar-refractivity contribution in [3.63, 3.8) is 0 Å². The second kappa shape index (κ2) is 6.59. The van der Waals surface area contributed by atoms with Crippen molar-refractivity contribution < 1.29 is 19.5 Å². The first-order valence-electron chi connectivity index (χ1n) is 9.81. The third-order valence-corrected chi connectivity index (χ3v) is 7.36. The Bertz CT molecular complexity index is 654. The van der Waals surface area contributed by atoms with E-state index in [0.29, 0.717) is 11.8 Å². The number of likely N-dealkylation sites (N-methyl/N-ethyl adjacent to an activating group) is 1. The Labute approximate surface area is 155 Å². The minimum Gasteiger partial charge on any atom is -0.391 e. The van der Waals surface area contributed by atoms with E-state index in [9.17, 15) is 19.5 Å². The van der Waals surface area contributed by atoms with E-state index in [1.165, 1.54) is 18.9 Å². The Hall–Kier alpha value is -1.49. The van der Waals surface area contributed by atoms with Crippen LogP contribution in [-0.4, -0.2) is 46.7 Å². The number of aliphatic hydroxyl groups is 1. The smallest absolute Gasteiger partial charge is 0.241 e. The second-order valence-electron chi connectivity index (χ2n) is 8.98. The number of carbonyl (C=O) groups is 3. The zero-order valence-corrected chi connectivity index (χ0v) is 16.4. The molecule has 0 bridgehead atoms. The summed E-state index contributed by atoms with van der Waals surface area (Å²) in [4.78, 5) is 40.5. The molecule has 1 amide bonds. The first-order valence-corrected chi connectivity index (χ1v) is 9.81. The summed E-state index contributed by atoms with van der Waals surface area (Å²) in [6.07, 6.45) is 6.44. The highest BCUT2D eigenvalue weighted by atomic mass is 16.3. The lowest BCUT2D eigenvalue weighted by atomic mass is 9.53. The first-order chi connectivity index (χ1) is 12.1. The van der Waals surface area contributed by atoms with Crippen LogP contribution in [0.3, 0.4) is 0 Å². The van der Waals surface area contributed by atoms with Gasteiger partial charge in [-0.2, -0.15) is 0 Å². The van der Waals surface area contributed by atoms with E-state index in [1.807, 2.05) is 13.8 Å². The van der Waals surface area contributed by atoms with Gasteiger partial charge in [-0.1, -0.05) is 39.3 Å². The Kier molecular flexibility index (Phi) is 4.89. The lowest BCUT2D eigenvalue weighted by Crippen LogP contribution is -2.52. The van der Waals surface area contributed by atoms with Crippen LogP contribution in [0.15, 0.2) is 12.2 Å². The van der Waals surface area contributed by atoms with Gasteiger partial charge >= 0.3 is 0 Å². The molecule has 0 aromatic heterocycles. The van der Waals surface area contributed by atoms with Crippen molar-refractivity contribution in [2.75, 3.05) is 7.05 Å². The number of amides is 1. The Morgan fingerprint density at radius 2 is 1.92 bits per heavy atom. The van der Waals surface area contributed by atoms with Gasteiger partial charge < -0.3 is 10.0 Å². The number of likely N-dealkylation sites (tertiary alicyclic amines) is 1. The molecule has 3 rings (SSSR count). The predicted octanol–water partition coefficient (Wildman–Crippen LogP) is 2.23. The molecule has 144 valence electrons. The molecule has 1 saturated carbocycles. The van der Waals surface area contributed by atoms with E-state index in [-0.39, 0.29) is 17.6 Å². The van der Waals surface area contributed by atoms with Crippen LogP contribution in [0.25, 0.3) is 0 Å².